The van der Waals surface area contributed by atoms with Gasteiger partial charge in [0.1, 0.15) is 5.82 Å². The van der Waals surface area contributed by atoms with E-state index in [9.17, 15) is 13.2 Å². The van der Waals surface area contributed by atoms with E-state index >= 15 is 0 Å². The molecular formula is C23H31N5O3S. The third-order valence-corrected chi connectivity index (χ3v) is 7.51. The van der Waals surface area contributed by atoms with Crippen LogP contribution in [0.2, 0.25) is 0 Å². The van der Waals surface area contributed by atoms with E-state index in [-0.39, 0.29) is 10.8 Å². The standard InChI is InChI=1S/C23H31N5O3S/c1-4-27(5-2)32(30,31)19-10-11-21-20(17-19)26-22(28(21)6-3)12-13-23(29)25-16-14-18-9-7-8-15-24-18/h7-11,15,17H,4-6,12-14,16H2,1-3H3,(H,25,29). The summed E-state index contributed by atoms with van der Waals surface area (Å²) in [7, 11) is -3.55. The zero-order chi connectivity index (χ0) is 23.1. The Morgan fingerprint density at radius 2 is 1.88 bits per heavy atom. The van der Waals surface area contributed by atoms with E-state index in [1.807, 2.05) is 43.5 Å². The minimum Gasteiger partial charge on any atom is -0.356 e. The second-order valence-electron chi connectivity index (χ2n) is 7.43. The van der Waals surface area contributed by atoms with Crippen molar-refractivity contribution in [1.82, 2.24) is 24.2 Å². The number of benzene rings is 1. The summed E-state index contributed by atoms with van der Waals surface area (Å²) >= 11 is 0. The maximum atomic E-state index is 12.9. The highest BCUT2D eigenvalue weighted by Gasteiger charge is 2.23. The number of pyridine rings is 1. The zero-order valence-electron chi connectivity index (χ0n) is 18.9. The van der Waals surface area contributed by atoms with E-state index in [4.69, 9.17) is 0 Å². The fourth-order valence-corrected chi connectivity index (χ4v) is 5.24. The molecule has 0 bridgehead atoms. The number of hydrogen-bond donors (Lipinski definition) is 1. The molecule has 0 aliphatic carbocycles. The predicted molar refractivity (Wildman–Crippen MR) is 125 cm³/mol. The molecule has 172 valence electrons. The lowest BCUT2D eigenvalue weighted by atomic mass is 10.2. The van der Waals surface area contributed by atoms with Crippen molar-refractivity contribution in [2.45, 2.75) is 51.5 Å². The van der Waals surface area contributed by atoms with Gasteiger partial charge in [0.2, 0.25) is 15.9 Å². The highest BCUT2D eigenvalue weighted by molar-refractivity contribution is 7.89. The van der Waals surface area contributed by atoms with Crippen molar-refractivity contribution in [2.24, 2.45) is 0 Å². The topological polar surface area (TPSA) is 97.2 Å². The minimum absolute atomic E-state index is 0.0413. The van der Waals surface area contributed by atoms with Gasteiger partial charge in [0.25, 0.3) is 0 Å². The van der Waals surface area contributed by atoms with E-state index in [0.717, 1.165) is 17.0 Å². The lowest BCUT2D eigenvalue weighted by molar-refractivity contribution is -0.121. The third-order valence-electron chi connectivity index (χ3n) is 5.46. The summed E-state index contributed by atoms with van der Waals surface area (Å²) in [4.78, 5) is 21.4. The van der Waals surface area contributed by atoms with Gasteiger partial charge >= 0.3 is 0 Å². The number of carbonyl (C=O) groups is 1. The van der Waals surface area contributed by atoms with Gasteiger partial charge in [-0.05, 0) is 37.3 Å². The van der Waals surface area contributed by atoms with E-state index in [2.05, 4.69) is 15.3 Å². The number of fused-ring (bicyclic) bond motifs is 1. The molecule has 2 heterocycles. The largest absolute Gasteiger partial charge is 0.356 e. The Morgan fingerprint density at radius 1 is 1.09 bits per heavy atom. The summed E-state index contributed by atoms with van der Waals surface area (Å²) in [5.74, 6) is 0.736. The third kappa shape index (κ3) is 5.34. The van der Waals surface area contributed by atoms with E-state index in [1.165, 1.54) is 4.31 Å². The monoisotopic (exact) mass is 457 g/mol. The van der Waals surface area contributed by atoms with Crippen LogP contribution >= 0.6 is 0 Å². The smallest absolute Gasteiger partial charge is 0.243 e. The highest BCUT2D eigenvalue weighted by atomic mass is 32.2. The first-order chi connectivity index (χ1) is 15.4. The molecule has 0 saturated carbocycles. The molecule has 3 rings (SSSR count). The first-order valence-electron chi connectivity index (χ1n) is 11.1. The molecule has 3 aromatic rings. The molecule has 0 spiro atoms. The molecule has 0 unspecified atom stereocenters. The Bertz CT molecular complexity index is 1160. The van der Waals surface area contributed by atoms with Gasteiger partial charge < -0.3 is 9.88 Å². The second kappa shape index (κ2) is 10.7. The first kappa shape index (κ1) is 23.9. The Balaban J connectivity index is 1.69. The number of nitrogens with one attached hydrogen (secondary N) is 1. The number of nitrogens with zero attached hydrogens (tertiary/aromatic N) is 4. The van der Waals surface area contributed by atoms with Crippen LogP contribution in [0.15, 0.2) is 47.5 Å². The quantitative estimate of drug-likeness (QED) is 0.478. The average molecular weight is 458 g/mol. The van der Waals surface area contributed by atoms with Crippen molar-refractivity contribution in [3.63, 3.8) is 0 Å². The predicted octanol–water partition coefficient (Wildman–Crippen LogP) is 2.77. The van der Waals surface area contributed by atoms with E-state index < -0.39 is 10.0 Å². The fourth-order valence-electron chi connectivity index (χ4n) is 3.77. The molecule has 1 amide bonds. The number of rotatable bonds is 11. The van der Waals surface area contributed by atoms with Gasteiger partial charge in [0.15, 0.2) is 0 Å². The van der Waals surface area contributed by atoms with E-state index in [1.54, 1.807) is 24.4 Å². The van der Waals surface area contributed by atoms with Crippen LogP contribution in [-0.2, 0) is 34.2 Å². The number of amides is 1. The zero-order valence-corrected chi connectivity index (χ0v) is 19.7. The highest BCUT2D eigenvalue weighted by Crippen LogP contribution is 2.23. The molecule has 0 radical (unpaired) electrons. The van der Waals surface area contributed by atoms with Gasteiger partial charge in [0.05, 0.1) is 15.9 Å². The van der Waals surface area contributed by atoms with Crippen LogP contribution in [0.1, 0.15) is 38.7 Å². The van der Waals surface area contributed by atoms with Crippen LogP contribution < -0.4 is 5.32 Å². The molecule has 0 aliphatic heterocycles. The van der Waals surface area contributed by atoms with Gasteiger partial charge in [-0.1, -0.05) is 19.9 Å². The van der Waals surface area contributed by atoms with Crippen LogP contribution in [0.5, 0.6) is 0 Å². The minimum atomic E-state index is -3.55. The van der Waals surface area contributed by atoms with Crippen LogP contribution in [0.4, 0.5) is 0 Å². The normalized spacial score (nSPS) is 11.9. The molecule has 8 nitrogen and oxygen atoms in total. The Kier molecular flexibility index (Phi) is 7.98. The van der Waals surface area contributed by atoms with Crippen LogP contribution in [0.25, 0.3) is 11.0 Å². The van der Waals surface area contributed by atoms with Gasteiger partial charge in [-0.2, -0.15) is 4.31 Å². The molecule has 1 aromatic carbocycles. The summed E-state index contributed by atoms with van der Waals surface area (Å²) in [6.07, 6.45) is 3.22. The van der Waals surface area contributed by atoms with Crippen molar-refractivity contribution >= 4 is 27.0 Å². The van der Waals surface area contributed by atoms with Gasteiger partial charge in [-0.15, -0.1) is 0 Å². The molecule has 0 saturated heterocycles. The number of imidazole rings is 1. The SMILES string of the molecule is CCN(CC)S(=O)(=O)c1ccc2c(c1)nc(CCC(=O)NCCc1ccccn1)n2CC. The van der Waals surface area contributed by atoms with Crippen LogP contribution in [0, 0.1) is 0 Å². The van der Waals surface area contributed by atoms with Crippen LogP contribution in [-0.4, -0.2) is 52.8 Å². The number of aryl methyl sites for hydroxylation is 2. The molecule has 2 aromatic heterocycles. The van der Waals surface area contributed by atoms with Crippen molar-refractivity contribution in [2.75, 3.05) is 19.6 Å². The molecular weight excluding hydrogens is 426 g/mol. The number of carbonyl (C=O) groups excluding carboxylic acids is 1. The average Bonchev–Trinajstić information content (AvgIpc) is 3.15. The van der Waals surface area contributed by atoms with Crippen molar-refractivity contribution in [3.05, 3.63) is 54.1 Å². The van der Waals surface area contributed by atoms with Gasteiger partial charge in [-0.3, -0.25) is 9.78 Å². The lowest BCUT2D eigenvalue weighted by Gasteiger charge is -2.18. The maximum Gasteiger partial charge on any atom is 0.243 e. The molecule has 0 atom stereocenters. The van der Waals surface area contributed by atoms with Crippen molar-refractivity contribution < 1.29 is 13.2 Å². The molecule has 32 heavy (non-hydrogen) atoms. The van der Waals surface area contributed by atoms with Gasteiger partial charge in [0, 0.05) is 57.3 Å². The Labute approximate surface area is 189 Å². The van der Waals surface area contributed by atoms with Crippen LogP contribution in [0.3, 0.4) is 0 Å². The summed E-state index contributed by atoms with van der Waals surface area (Å²) in [6, 6.07) is 10.8. The van der Waals surface area contributed by atoms with Gasteiger partial charge in [-0.25, -0.2) is 13.4 Å². The van der Waals surface area contributed by atoms with Crippen molar-refractivity contribution in [1.29, 1.82) is 0 Å². The summed E-state index contributed by atoms with van der Waals surface area (Å²) in [5.41, 5.74) is 2.44. The van der Waals surface area contributed by atoms with E-state index in [0.29, 0.717) is 51.0 Å². The second-order valence-corrected chi connectivity index (χ2v) is 9.37. The molecule has 0 fully saturated rings. The lowest BCUT2D eigenvalue weighted by Crippen LogP contribution is -2.30. The number of hydrogen-bond acceptors (Lipinski definition) is 5. The molecule has 9 heteroatoms. The van der Waals surface area contributed by atoms with Crippen molar-refractivity contribution in [3.8, 4) is 0 Å². The Morgan fingerprint density at radius 3 is 2.53 bits per heavy atom. The molecule has 0 aliphatic rings. The Hall–Kier alpha value is -2.78. The summed E-state index contributed by atoms with van der Waals surface area (Å²) in [5, 5.41) is 2.93. The number of sulfonamides is 1. The summed E-state index contributed by atoms with van der Waals surface area (Å²) < 4.78 is 29.2. The first-order valence-corrected chi connectivity index (χ1v) is 12.5. The number of aromatic nitrogens is 3. The molecule has 1 N–H and O–H groups in total. The maximum absolute atomic E-state index is 12.9. The summed E-state index contributed by atoms with van der Waals surface area (Å²) in [6.45, 7) is 7.72. The fraction of sp³-hybridized carbons (Fsp3) is 0.435.